The molecule has 0 aliphatic carbocycles. The lowest BCUT2D eigenvalue weighted by Crippen LogP contribution is -2.53. The van der Waals surface area contributed by atoms with Crippen molar-refractivity contribution in [2.75, 3.05) is 0 Å². The molecular formula is C16H21NO2. The van der Waals surface area contributed by atoms with Crippen molar-refractivity contribution in [3.63, 3.8) is 0 Å². The van der Waals surface area contributed by atoms with Crippen LogP contribution >= 0.6 is 0 Å². The van der Waals surface area contributed by atoms with Gasteiger partial charge in [0.15, 0.2) is 5.72 Å². The molecule has 0 aromatic heterocycles. The highest BCUT2D eigenvalue weighted by atomic mass is 16.4. The molecule has 0 fully saturated rings. The third-order valence-electron chi connectivity index (χ3n) is 3.31. The summed E-state index contributed by atoms with van der Waals surface area (Å²) in [6.07, 6.45) is -0.916. The largest absolute Gasteiger partial charge is 0.389 e. The molecule has 2 unspecified atom stereocenters. The second kappa shape index (κ2) is 5.29. The number of rotatable bonds is 4. The Labute approximate surface area is 113 Å². The van der Waals surface area contributed by atoms with E-state index in [0.717, 1.165) is 10.8 Å². The van der Waals surface area contributed by atoms with Gasteiger partial charge in [0.1, 0.15) is 0 Å². The fourth-order valence-corrected chi connectivity index (χ4v) is 2.42. The highest BCUT2D eigenvalue weighted by molar-refractivity contribution is 5.86. The SMILES string of the molecule is CC(C)NC(O)(c1cccc2ccccc12)C(C)O. The van der Waals surface area contributed by atoms with Crippen LogP contribution in [0.25, 0.3) is 10.8 Å². The fourth-order valence-electron chi connectivity index (χ4n) is 2.42. The Morgan fingerprint density at radius 2 is 1.63 bits per heavy atom. The molecule has 3 heteroatoms. The zero-order chi connectivity index (χ0) is 14.0. The van der Waals surface area contributed by atoms with Gasteiger partial charge in [-0.25, -0.2) is 0 Å². The Kier molecular flexibility index (Phi) is 3.90. The van der Waals surface area contributed by atoms with Gasteiger partial charge < -0.3 is 10.2 Å². The number of fused-ring (bicyclic) bond motifs is 1. The minimum atomic E-state index is -1.45. The van der Waals surface area contributed by atoms with Crippen LogP contribution in [0.1, 0.15) is 26.3 Å². The van der Waals surface area contributed by atoms with Crippen molar-refractivity contribution in [3.05, 3.63) is 48.0 Å². The van der Waals surface area contributed by atoms with E-state index < -0.39 is 11.8 Å². The van der Waals surface area contributed by atoms with E-state index in [0.29, 0.717) is 5.56 Å². The molecule has 19 heavy (non-hydrogen) atoms. The summed E-state index contributed by atoms with van der Waals surface area (Å²) in [7, 11) is 0. The van der Waals surface area contributed by atoms with E-state index in [4.69, 9.17) is 0 Å². The van der Waals surface area contributed by atoms with Gasteiger partial charge in [-0.2, -0.15) is 0 Å². The highest BCUT2D eigenvalue weighted by Crippen LogP contribution is 2.30. The number of benzene rings is 2. The lowest BCUT2D eigenvalue weighted by atomic mass is 9.91. The summed E-state index contributed by atoms with van der Waals surface area (Å²) in [6, 6.07) is 13.6. The molecule has 2 aromatic rings. The first-order chi connectivity index (χ1) is 8.95. The Bertz CT molecular complexity index is 560. The van der Waals surface area contributed by atoms with Crippen molar-refractivity contribution in [3.8, 4) is 0 Å². The first kappa shape index (κ1) is 14.0. The van der Waals surface area contributed by atoms with Gasteiger partial charge in [0.2, 0.25) is 0 Å². The minimum absolute atomic E-state index is 0.0542. The summed E-state index contributed by atoms with van der Waals surface area (Å²) in [5.41, 5.74) is -0.746. The Morgan fingerprint density at radius 1 is 1.00 bits per heavy atom. The molecule has 0 aliphatic heterocycles. The lowest BCUT2D eigenvalue weighted by molar-refractivity contribution is -0.101. The summed E-state index contributed by atoms with van der Waals surface area (Å²) in [6.45, 7) is 5.48. The normalized spacial score (nSPS) is 16.5. The molecule has 3 N–H and O–H groups in total. The fraction of sp³-hybridized carbons (Fsp3) is 0.375. The smallest absolute Gasteiger partial charge is 0.168 e. The zero-order valence-corrected chi connectivity index (χ0v) is 11.6. The zero-order valence-electron chi connectivity index (χ0n) is 11.6. The van der Waals surface area contributed by atoms with Crippen LogP contribution in [0.15, 0.2) is 42.5 Å². The van der Waals surface area contributed by atoms with Crippen molar-refractivity contribution in [1.82, 2.24) is 5.32 Å². The molecule has 0 radical (unpaired) electrons. The van der Waals surface area contributed by atoms with Gasteiger partial charge in [0, 0.05) is 11.6 Å². The summed E-state index contributed by atoms with van der Waals surface area (Å²) in [5.74, 6) is 0. The average molecular weight is 259 g/mol. The van der Waals surface area contributed by atoms with Crippen LogP contribution in [-0.2, 0) is 5.72 Å². The molecule has 3 nitrogen and oxygen atoms in total. The van der Waals surface area contributed by atoms with Crippen molar-refractivity contribution in [1.29, 1.82) is 0 Å². The molecule has 102 valence electrons. The predicted molar refractivity (Wildman–Crippen MR) is 77.8 cm³/mol. The van der Waals surface area contributed by atoms with Gasteiger partial charge in [-0.15, -0.1) is 0 Å². The number of nitrogens with one attached hydrogen (secondary N) is 1. The molecule has 0 aliphatic rings. The third kappa shape index (κ3) is 2.63. The molecule has 2 rings (SSSR count). The predicted octanol–water partition coefficient (Wildman–Crippen LogP) is 2.36. The third-order valence-corrected chi connectivity index (χ3v) is 3.31. The summed E-state index contributed by atoms with van der Waals surface area (Å²) in [4.78, 5) is 0. The maximum Gasteiger partial charge on any atom is 0.168 e. The summed E-state index contributed by atoms with van der Waals surface area (Å²) < 4.78 is 0. The molecule has 0 spiro atoms. The van der Waals surface area contributed by atoms with E-state index in [-0.39, 0.29) is 6.04 Å². The van der Waals surface area contributed by atoms with Gasteiger partial charge in [-0.3, -0.25) is 5.32 Å². The Hall–Kier alpha value is -1.42. The van der Waals surface area contributed by atoms with Gasteiger partial charge in [-0.05, 0) is 31.5 Å². The molecular weight excluding hydrogens is 238 g/mol. The monoisotopic (exact) mass is 259 g/mol. The van der Waals surface area contributed by atoms with E-state index >= 15 is 0 Å². The van der Waals surface area contributed by atoms with Gasteiger partial charge in [0.05, 0.1) is 6.10 Å². The van der Waals surface area contributed by atoms with E-state index in [1.807, 2.05) is 56.3 Å². The summed E-state index contributed by atoms with van der Waals surface area (Å²) >= 11 is 0. The van der Waals surface area contributed by atoms with Crippen molar-refractivity contribution in [2.45, 2.75) is 38.6 Å². The standard InChI is InChI=1S/C16H21NO2/c1-11(2)17-16(19,12(3)18)15-10-6-8-13-7-4-5-9-14(13)15/h4-12,17-19H,1-3H3. The van der Waals surface area contributed by atoms with Crippen LogP contribution in [0.2, 0.25) is 0 Å². The molecule has 0 heterocycles. The molecule has 0 saturated heterocycles. The van der Waals surface area contributed by atoms with E-state index in [1.54, 1.807) is 6.92 Å². The van der Waals surface area contributed by atoms with Crippen LogP contribution < -0.4 is 5.32 Å². The van der Waals surface area contributed by atoms with Crippen molar-refractivity contribution >= 4 is 10.8 Å². The van der Waals surface area contributed by atoms with Crippen LogP contribution in [0, 0.1) is 0 Å². The molecule has 2 aromatic carbocycles. The number of aliphatic hydroxyl groups excluding tert-OH is 1. The first-order valence-electron chi connectivity index (χ1n) is 6.61. The van der Waals surface area contributed by atoms with Crippen molar-refractivity contribution in [2.24, 2.45) is 0 Å². The molecule has 0 amide bonds. The second-order valence-corrected chi connectivity index (χ2v) is 5.27. The topological polar surface area (TPSA) is 52.5 Å². The van der Waals surface area contributed by atoms with Gasteiger partial charge in [0.25, 0.3) is 0 Å². The number of aliphatic hydroxyl groups is 2. The Balaban J connectivity index is 2.63. The van der Waals surface area contributed by atoms with E-state index in [1.165, 1.54) is 0 Å². The van der Waals surface area contributed by atoms with Crippen LogP contribution in [0.3, 0.4) is 0 Å². The second-order valence-electron chi connectivity index (χ2n) is 5.27. The molecule has 2 atom stereocenters. The quantitative estimate of drug-likeness (QED) is 0.739. The van der Waals surface area contributed by atoms with E-state index in [9.17, 15) is 10.2 Å². The first-order valence-corrected chi connectivity index (χ1v) is 6.61. The highest BCUT2D eigenvalue weighted by Gasteiger charge is 2.36. The Morgan fingerprint density at radius 3 is 2.26 bits per heavy atom. The van der Waals surface area contributed by atoms with Crippen LogP contribution in [0.5, 0.6) is 0 Å². The van der Waals surface area contributed by atoms with E-state index in [2.05, 4.69) is 5.32 Å². The molecule has 0 bridgehead atoms. The van der Waals surface area contributed by atoms with Crippen molar-refractivity contribution < 1.29 is 10.2 Å². The molecule has 0 saturated carbocycles. The number of hydrogen-bond donors (Lipinski definition) is 3. The lowest BCUT2D eigenvalue weighted by Gasteiger charge is -2.35. The summed E-state index contributed by atoms with van der Waals surface area (Å²) in [5, 5.41) is 25.9. The number of hydrogen-bond acceptors (Lipinski definition) is 3. The van der Waals surface area contributed by atoms with Gasteiger partial charge in [-0.1, -0.05) is 42.5 Å². The maximum atomic E-state index is 10.9. The average Bonchev–Trinajstić information content (AvgIpc) is 2.37. The maximum absolute atomic E-state index is 10.9. The van der Waals surface area contributed by atoms with Crippen LogP contribution in [-0.4, -0.2) is 22.4 Å². The van der Waals surface area contributed by atoms with Gasteiger partial charge >= 0.3 is 0 Å². The minimum Gasteiger partial charge on any atom is -0.389 e. The van der Waals surface area contributed by atoms with Crippen LogP contribution in [0.4, 0.5) is 0 Å².